The van der Waals surface area contributed by atoms with Gasteiger partial charge in [0.25, 0.3) is 0 Å². The minimum absolute atomic E-state index is 0.257. The highest BCUT2D eigenvalue weighted by Crippen LogP contribution is 2.23. The van der Waals surface area contributed by atoms with Gasteiger partial charge in [0.15, 0.2) is 0 Å². The average molecular weight is 326 g/mol. The second-order valence-electron chi connectivity index (χ2n) is 5.98. The van der Waals surface area contributed by atoms with Gasteiger partial charge in [-0.1, -0.05) is 56.3 Å². The lowest BCUT2D eigenvalue weighted by Crippen LogP contribution is -2.33. The fraction of sp³-hybridized carbons (Fsp3) is 0.429. The number of nitrogens with zero attached hydrogens (tertiary/aromatic N) is 1. The summed E-state index contributed by atoms with van der Waals surface area (Å²) < 4.78 is 5.95. The monoisotopic (exact) mass is 326 g/mol. The Morgan fingerprint density at radius 1 is 1.00 bits per heavy atom. The van der Waals surface area contributed by atoms with E-state index in [0.717, 1.165) is 38.3 Å². The smallest absolute Gasteiger partial charge is 0.119 e. The number of rotatable bonds is 10. The topological polar surface area (TPSA) is 38.5 Å². The molecule has 0 spiro atoms. The van der Waals surface area contributed by atoms with Crippen molar-refractivity contribution in [3.05, 3.63) is 65.7 Å². The molecule has 2 rings (SSSR count). The third-order valence-corrected chi connectivity index (χ3v) is 4.44. The molecule has 0 aliphatic carbocycles. The van der Waals surface area contributed by atoms with Crippen LogP contribution < -0.4 is 10.5 Å². The van der Waals surface area contributed by atoms with E-state index in [1.54, 1.807) is 0 Å². The normalized spacial score (nSPS) is 12.3. The zero-order chi connectivity index (χ0) is 17.2. The van der Waals surface area contributed by atoms with Gasteiger partial charge in [-0.3, -0.25) is 4.90 Å². The van der Waals surface area contributed by atoms with Crippen molar-refractivity contribution < 1.29 is 4.74 Å². The van der Waals surface area contributed by atoms with E-state index >= 15 is 0 Å². The Labute approximate surface area is 146 Å². The molecule has 0 fully saturated rings. The summed E-state index contributed by atoms with van der Waals surface area (Å²) in [4.78, 5) is 2.38. The van der Waals surface area contributed by atoms with E-state index in [4.69, 9.17) is 10.5 Å². The molecule has 2 N–H and O–H groups in total. The Bertz CT molecular complexity index is 581. The molecule has 0 amide bonds. The summed E-state index contributed by atoms with van der Waals surface area (Å²) in [6.45, 7) is 7.71. The molecule has 0 aromatic heterocycles. The second-order valence-corrected chi connectivity index (χ2v) is 5.98. The van der Waals surface area contributed by atoms with Crippen LogP contribution in [0.15, 0.2) is 54.6 Å². The minimum atomic E-state index is 0.257. The summed E-state index contributed by atoms with van der Waals surface area (Å²) >= 11 is 0. The summed E-state index contributed by atoms with van der Waals surface area (Å²) in [5.41, 5.74) is 8.61. The summed E-state index contributed by atoms with van der Waals surface area (Å²) in [6, 6.07) is 19.2. The molecule has 0 aliphatic heterocycles. The maximum Gasteiger partial charge on any atom is 0.119 e. The van der Waals surface area contributed by atoms with Gasteiger partial charge >= 0.3 is 0 Å². The van der Waals surface area contributed by atoms with Crippen molar-refractivity contribution in [2.75, 3.05) is 26.2 Å². The summed E-state index contributed by atoms with van der Waals surface area (Å²) in [7, 11) is 0. The average Bonchev–Trinajstić information content (AvgIpc) is 2.64. The van der Waals surface area contributed by atoms with E-state index in [0.29, 0.717) is 6.54 Å². The Kier molecular flexibility index (Phi) is 7.80. The van der Waals surface area contributed by atoms with Gasteiger partial charge in [-0.2, -0.15) is 0 Å². The van der Waals surface area contributed by atoms with E-state index < -0.39 is 0 Å². The summed E-state index contributed by atoms with van der Waals surface area (Å²) in [5, 5.41) is 0. The highest BCUT2D eigenvalue weighted by atomic mass is 16.5. The molecule has 0 bridgehead atoms. The van der Waals surface area contributed by atoms with Crippen LogP contribution in [-0.4, -0.2) is 31.1 Å². The van der Waals surface area contributed by atoms with E-state index in [9.17, 15) is 0 Å². The molecule has 0 aliphatic rings. The van der Waals surface area contributed by atoms with Gasteiger partial charge in [0, 0.05) is 12.6 Å². The Hall–Kier alpha value is -1.84. The van der Waals surface area contributed by atoms with Gasteiger partial charge in [0.1, 0.15) is 5.75 Å². The first kappa shape index (κ1) is 18.5. The van der Waals surface area contributed by atoms with Crippen LogP contribution in [0.4, 0.5) is 0 Å². The maximum atomic E-state index is 6.01. The lowest BCUT2D eigenvalue weighted by Gasteiger charge is -2.29. The van der Waals surface area contributed by atoms with Gasteiger partial charge in [-0.15, -0.1) is 0 Å². The Balaban J connectivity index is 1.90. The van der Waals surface area contributed by atoms with Crippen molar-refractivity contribution in [1.82, 2.24) is 4.90 Å². The van der Waals surface area contributed by atoms with Crippen molar-refractivity contribution in [2.24, 2.45) is 5.73 Å². The number of hydrogen-bond acceptors (Lipinski definition) is 3. The SMILES string of the molecule is CCN(CC)C(CN)c1cccc(OCCCc2ccccc2)c1. The third kappa shape index (κ3) is 5.36. The zero-order valence-electron chi connectivity index (χ0n) is 14.9. The minimum Gasteiger partial charge on any atom is -0.494 e. The molecule has 1 atom stereocenters. The van der Waals surface area contributed by atoms with Crippen molar-refractivity contribution in [3.63, 3.8) is 0 Å². The standard InChI is InChI=1S/C21H30N2O/c1-3-23(4-2)21(17-22)19-13-8-14-20(16-19)24-15-9-12-18-10-6-5-7-11-18/h5-8,10-11,13-14,16,21H,3-4,9,12,15,17,22H2,1-2H3. The molecular formula is C21H30N2O. The zero-order valence-corrected chi connectivity index (χ0v) is 14.9. The molecular weight excluding hydrogens is 296 g/mol. The van der Waals surface area contributed by atoms with E-state index in [2.05, 4.69) is 67.3 Å². The van der Waals surface area contributed by atoms with E-state index in [1.807, 2.05) is 6.07 Å². The van der Waals surface area contributed by atoms with Crippen molar-refractivity contribution in [2.45, 2.75) is 32.7 Å². The summed E-state index contributed by atoms with van der Waals surface area (Å²) in [5.74, 6) is 0.936. The Morgan fingerprint density at radius 2 is 1.75 bits per heavy atom. The highest BCUT2D eigenvalue weighted by Gasteiger charge is 2.16. The maximum absolute atomic E-state index is 6.01. The first-order chi connectivity index (χ1) is 11.8. The lowest BCUT2D eigenvalue weighted by molar-refractivity contribution is 0.223. The van der Waals surface area contributed by atoms with Gasteiger partial charge < -0.3 is 10.5 Å². The van der Waals surface area contributed by atoms with Gasteiger partial charge in [0.05, 0.1) is 6.61 Å². The third-order valence-electron chi connectivity index (χ3n) is 4.44. The lowest BCUT2D eigenvalue weighted by atomic mass is 10.0. The van der Waals surface area contributed by atoms with Crippen LogP contribution in [-0.2, 0) is 6.42 Å². The molecule has 24 heavy (non-hydrogen) atoms. The fourth-order valence-corrected chi connectivity index (χ4v) is 3.08. The first-order valence-corrected chi connectivity index (χ1v) is 8.99. The quantitative estimate of drug-likeness (QED) is 0.670. The van der Waals surface area contributed by atoms with Crippen LogP contribution in [0, 0.1) is 0 Å². The van der Waals surface area contributed by atoms with Crippen molar-refractivity contribution in [3.8, 4) is 5.75 Å². The van der Waals surface area contributed by atoms with E-state index in [1.165, 1.54) is 11.1 Å². The van der Waals surface area contributed by atoms with Crippen LogP contribution >= 0.6 is 0 Å². The summed E-state index contributed by atoms with van der Waals surface area (Å²) in [6.07, 6.45) is 2.07. The number of likely N-dealkylation sites (N-methyl/N-ethyl adjacent to an activating group) is 1. The van der Waals surface area contributed by atoms with Crippen LogP contribution in [0.2, 0.25) is 0 Å². The number of hydrogen-bond donors (Lipinski definition) is 1. The molecule has 0 saturated heterocycles. The van der Waals surface area contributed by atoms with Crippen molar-refractivity contribution >= 4 is 0 Å². The molecule has 2 aromatic rings. The van der Waals surface area contributed by atoms with Gasteiger partial charge in [0.2, 0.25) is 0 Å². The van der Waals surface area contributed by atoms with Crippen LogP contribution in [0.3, 0.4) is 0 Å². The molecule has 3 nitrogen and oxygen atoms in total. The second kappa shape index (κ2) is 10.1. The number of nitrogens with two attached hydrogens (primary N) is 1. The first-order valence-electron chi connectivity index (χ1n) is 8.99. The fourth-order valence-electron chi connectivity index (χ4n) is 3.08. The van der Waals surface area contributed by atoms with Crippen molar-refractivity contribution in [1.29, 1.82) is 0 Å². The Morgan fingerprint density at radius 3 is 2.42 bits per heavy atom. The molecule has 0 heterocycles. The predicted octanol–water partition coefficient (Wildman–Crippen LogP) is 4.04. The molecule has 130 valence electrons. The number of ether oxygens (including phenoxy) is 1. The molecule has 2 aromatic carbocycles. The van der Waals surface area contributed by atoms with E-state index in [-0.39, 0.29) is 6.04 Å². The largest absolute Gasteiger partial charge is 0.494 e. The van der Waals surface area contributed by atoms with Gasteiger partial charge in [-0.25, -0.2) is 0 Å². The molecule has 1 unspecified atom stereocenters. The van der Waals surface area contributed by atoms with Gasteiger partial charge in [-0.05, 0) is 49.2 Å². The van der Waals surface area contributed by atoms with Crippen LogP contribution in [0.1, 0.15) is 37.4 Å². The predicted molar refractivity (Wildman–Crippen MR) is 101 cm³/mol. The van der Waals surface area contributed by atoms with Crippen LogP contribution in [0.25, 0.3) is 0 Å². The molecule has 3 heteroatoms. The number of benzene rings is 2. The number of aryl methyl sites for hydroxylation is 1. The van der Waals surface area contributed by atoms with Crippen LogP contribution in [0.5, 0.6) is 5.75 Å². The molecule has 0 radical (unpaired) electrons. The highest BCUT2D eigenvalue weighted by molar-refractivity contribution is 5.31. The molecule has 0 saturated carbocycles.